The lowest BCUT2D eigenvalue weighted by Crippen LogP contribution is -2.25. The second kappa shape index (κ2) is 5.52. The number of methoxy groups -OCH3 is 1. The average molecular weight is 285 g/mol. The molecule has 0 amide bonds. The van der Waals surface area contributed by atoms with Crippen LogP contribution in [-0.4, -0.2) is 49.0 Å². The van der Waals surface area contributed by atoms with E-state index in [1.165, 1.54) is 19.5 Å². The number of ether oxygens (including phenoxy) is 1. The van der Waals surface area contributed by atoms with Crippen molar-refractivity contribution in [2.75, 3.05) is 24.7 Å². The summed E-state index contributed by atoms with van der Waals surface area (Å²) in [7, 11) is -1.70. The van der Waals surface area contributed by atoms with Gasteiger partial charge in [0, 0.05) is 6.54 Å². The predicted molar refractivity (Wildman–Crippen MR) is 68.7 cm³/mol. The first kappa shape index (κ1) is 13.7. The number of carbonyl (C=O) groups is 1. The van der Waals surface area contributed by atoms with Gasteiger partial charge in [-0.15, -0.1) is 0 Å². The normalized spacial score (nSPS) is 21.0. The van der Waals surface area contributed by atoms with E-state index < -0.39 is 15.8 Å². The standard InChI is InChI=1S/C11H15N3O4S/c1-18-11(15)9-6-14-10(7-12-9)13-5-8-3-2-4-19(8,16)17/h6-8H,2-5H2,1H3,(H,13,14). The fourth-order valence-corrected chi connectivity index (χ4v) is 3.70. The summed E-state index contributed by atoms with van der Waals surface area (Å²) >= 11 is 0. The number of hydrogen-bond donors (Lipinski definition) is 1. The van der Waals surface area contributed by atoms with E-state index in [0.717, 1.165) is 0 Å². The zero-order chi connectivity index (χ0) is 13.9. The van der Waals surface area contributed by atoms with E-state index in [1.807, 2.05) is 0 Å². The Kier molecular flexibility index (Phi) is 3.98. The van der Waals surface area contributed by atoms with Crippen molar-refractivity contribution in [3.63, 3.8) is 0 Å². The van der Waals surface area contributed by atoms with Crippen LogP contribution in [0.5, 0.6) is 0 Å². The van der Waals surface area contributed by atoms with E-state index in [-0.39, 0.29) is 16.7 Å². The molecular weight excluding hydrogens is 270 g/mol. The van der Waals surface area contributed by atoms with Crippen molar-refractivity contribution in [2.45, 2.75) is 18.1 Å². The summed E-state index contributed by atoms with van der Waals surface area (Å²) < 4.78 is 27.8. The largest absolute Gasteiger partial charge is 0.464 e. The van der Waals surface area contributed by atoms with Gasteiger partial charge in [0.2, 0.25) is 0 Å². The van der Waals surface area contributed by atoms with Crippen LogP contribution in [0.25, 0.3) is 0 Å². The monoisotopic (exact) mass is 285 g/mol. The predicted octanol–water partition coefficient (Wildman–Crippen LogP) is 0.252. The van der Waals surface area contributed by atoms with E-state index in [0.29, 0.717) is 25.2 Å². The molecule has 1 aliphatic rings. The smallest absolute Gasteiger partial charge is 0.358 e. The maximum absolute atomic E-state index is 11.6. The average Bonchev–Trinajstić information content (AvgIpc) is 2.75. The van der Waals surface area contributed by atoms with Crippen LogP contribution in [-0.2, 0) is 14.6 Å². The third kappa shape index (κ3) is 3.19. The molecule has 1 atom stereocenters. The van der Waals surface area contributed by atoms with Crippen LogP contribution in [0.15, 0.2) is 12.4 Å². The van der Waals surface area contributed by atoms with E-state index in [2.05, 4.69) is 20.0 Å². The number of hydrogen-bond acceptors (Lipinski definition) is 7. The highest BCUT2D eigenvalue weighted by atomic mass is 32.2. The first-order valence-corrected chi connectivity index (χ1v) is 7.60. The molecule has 7 nitrogen and oxygen atoms in total. The highest BCUT2D eigenvalue weighted by molar-refractivity contribution is 7.92. The molecule has 2 rings (SSSR count). The molecule has 1 aromatic heterocycles. The molecule has 1 unspecified atom stereocenters. The topological polar surface area (TPSA) is 98.2 Å². The molecule has 1 fully saturated rings. The van der Waals surface area contributed by atoms with Crippen molar-refractivity contribution < 1.29 is 17.9 Å². The zero-order valence-electron chi connectivity index (χ0n) is 10.5. The van der Waals surface area contributed by atoms with E-state index >= 15 is 0 Å². The number of sulfone groups is 1. The van der Waals surface area contributed by atoms with Crippen LogP contribution in [0.3, 0.4) is 0 Å². The Balaban J connectivity index is 1.95. The highest BCUT2D eigenvalue weighted by Crippen LogP contribution is 2.20. The Morgan fingerprint density at radius 2 is 2.26 bits per heavy atom. The lowest BCUT2D eigenvalue weighted by Gasteiger charge is -2.10. The van der Waals surface area contributed by atoms with E-state index in [9.17, 15) is 13.2 Å². The van der Waals surface area contributed by atoms with Gasteiger partial charge >= 0.3 is 5.97 Å². The molecule has 1 N–H and O–H groups in total. The molecule has 1 aromatic rings. The molecule has 0 aliphatic carbocycles. The molecule has 1 saturated heterocycles. The molecule has 0 bridgehead atoms. The number of nitrogens with zero attached hydrogens (tertiary/aromatic N) is 2. The number of rotatable bonds is 4. The number of esters is 1. The van der Waals surface area contributed by atoms with Crippen molar-refractivity contribution in [1.82, 2.24) is 9.97 Å². The van der Waals surface area contributed by atoms with Crippen LogP contribution in [0.2, 0.25) is 0 Å². The maximum Gasteiger partial charge on any atom is 0.358 e. The van der Waals surface area contributed by atoms with Crippen LogP contribution >= 0.6 is 0 Å². The lowest BCUT2D eigenvalue weighted by molar-refractivity contribution is 0.0593. The Labute approximate surface area is 111 Å². The van der Waals surface area contributed by atoms with Crippen LogP contribution in [0, 0.1) is 0 Å². The number of anilines is 1. The zero-order valence-corrected chi connectivity index (χ0v) is 11.3. The fourth-order valence-electron chi connectivity index (χ4n) is 1.94. The van der Waals surface area contributed by atoms with Gasteiger partial charge in [0.25, 0.3) is 0 Å². The van der Waals surface area contributed by atoms with Crippen molar-refractivity contribution in [2.24, 2.45) is 0 Å². The summed E-state index contributed by atoms with van der Waals surface area (Å²) in [5, 5.41) is 2.56. The van der Waals surface area contributed by atoms with Gasteiger partial charge in [0.15, 0.2) is 15.5 Å². The highest BCUT2D eigenvalue weighted by Gasteiger charge is 2.30. The van der Waals surface area contributed by atoms with Crippen molar-refractivity contribution in [3.8, 4) is 0 Å². The summed E-state index contributed by atoms with van der Waals surface area (Å²) in [6.07, 6.45) is 4.05. The molecule has 2 heterocycles. The van der Waals surface area contributed by atoms with Gasteiger partial charge in [-0.05, 0) is 12.8 Å². The minimum Gasteiger partial charge on any atom is -0.464 e. The Morgan fingerprint density at radius 1 is 1.47 bits per heavy atom. The molecule has 104 valence electrons. The third-order valence-corrected chi connectivity index (χ3v) is 5.30. The molecule has 19 heavy (non-hydrogen) atoms. The van der Waals surface area contributed by atoms with E-state index in [1.54, 1.807) is 0 Å². The van der Waals surface area contributed by atoms with Gasteiger partial charge < -0.3 is 10.1 Å². The fraction of sp³-hybridized carbons (Fsp3) is 0.545. The maximum atomic E-state index is 11.6. The molecule has 8 heteroatoms. The summed E-state index contributed by atoms with van der Waals surface area (Å²) in [6, 6.07) is 0. The second-order valence-corrected chi connectivity index (χ2v) is 6.69. The number of carbonyl (C=O) groups excluding carboxylic acids is 1. The van der Waals surface area contributed by atoms with Gasteiger partial charge in [-0.3, -0.25) is 0 Å². The molecule has 1 aliphatic heterocycles. The van der Waals surface area contributed by atoms with Gasteiger partial charge in [-0.2, -0.15) is 0 Å². The third-order valence-electron chi connectivity index (χ3n) is 3.02. The van der Waals surface area contributed by atoms with E-state index in [4.69, 9.17) is 0 Å². The van der Waals surface area contributed by atoms with Gasteiger partial charge in [-0.1, -0.05) is 0 Å². The summed E-state index contributed by atoms with van der Waals surface area (Å²) in [4.78, 5) is 19.0. The second-order valence-electron chi connectivity index (χ2n) is 4.29. The van der Waals surface area contributed by atoms with Crippen molar-refractivity contribution >= 4 is 21.6 Å². The molecule has 0 radical (unpaired) electrons. The van der Waals surface area contributed by atoms with Gasteiger partial charge in [0.05, 0.1) is 30.5 Å². The number of nitrogens with one attached hydrogen (secondary N) is 1. The quantitative estimate of drug-likeness (QED) is 0.792. The lowest BCUT2D eigenvalue weighted by atomic mass is 10.2. The van der Waals surface area contributed by atoms with Gasteiger partial charge in [0.1, 0.15) is 5.82 Å². The Morgan fingerprint density at radius 3 is 2.79 bits per heavy atom. The Bertz CT molecular complexity index is 556. The first-order chi connectivity index (χ1) is 9.03. The van der Waals surface area contributed by atoms with Crippen LogP contribution in [0.4, 0.5) is 5.82 Å². The van der Waals surface area contributed by atoms with Gasteiger partial charge in [-0.25, -0.2) is 23.2 Å². The van der Waals surface area contributed by atoms with Crippen LogP contribution < -0.4 is 5.32 Å². The molecule has 0 aromatic carbocycles. The minimum atomic E-state index is -2.97. The molecular formula is C11H15N3O4S. The Hall–Kier alpha value is -1.70. The molecule has 0 spiro atoms. The van der Waals surface area contributed by atoms with Crippen molar-refractivity contribution in [3.05, 3.63) is 18.1 Å². The number of aromatic nitrogens is 2. The van der Waals surface area contributed by atoms with Crippen LogP contribution in [0.1, 0.15) is 23.3 Å². The van der Waals surface area contributed by atoms with Crippen molar-refractivity contribution in [1.29, 1.82) is 0 Å². The summed E-state index contributed by atoms with van der Waals surface area (Å²) in [6.45, 7) is 0.314. The minimum absolute atomic E-state index is 0.113. The summed E-state index contributed by atoms with van der Waals surface area (Å²) in [5.41, 5.74) is 0.113. The first-order valence-electron chi connectivity index (χ1n) is 5.89. The SMILES string of the molecule is COC(=O)c1cnc(NCC2CCCS2(=O)=O)cn1. The summed E-state index contributed by atoms with van der Waals surface area (Å²) in [5.74, 6) is 0.138. The molecule has 0 saturated carbocycles.